The first-order valence-corrected chi connectivity index (χ1v) is 10.8. The van der Waals surface area contributed by atoms with Crippen LogP contribution < -0.4 is 10.1 Å². The van der Waals surface area contributed by atoms with E-state index < -0.39 is 9.84 Å². The van der Waals surface area contributed by atoms with Crippen LogP contribution in [0, 0.1) is 6.92 Å². The Morgan fingerprint density at radius 1 is 1.15 bits per heavy atom. The quantitative estimate of drug-likeness (QED) is 0.702. The van der Waals surface area contributed by atoms with E-state index in [1.807, 2.05) is 30.5 Å². The zero-order chi connectivity index (χ0) is 19.6. The highest BCUT2D eigenvalue weighted by atomic mass is 32.2. The van der Waals surface area contributed by atoms with Crippen molar-refractivity contribution < 1.29 is 17.9 Å². The van der Waals surface area contributed by atoms with Gasteiger partial charge in [0.1, 0.15) is 5.75 Å². The number of carbonyl (C=O) groups excluding carboxylic acids is 1. The third-order valence-corrected chi connectivity index (χ3v) is 5.79. The van der Waals surface area contributed by atoms with E-state index in [1.165, 1.54) is 35.6 Å². The van der Waals surface area contributed by atoms with Crippen LogP contribution in [0.2, 0.25) is 0 Å². The molecule has 3 aromatic rings. The zero-order valence-electron chi connectivity index (χ0n) is 15.0. The average Bonchev–Trinajstić information content (AvgIpc) is 3.09. The van der Waals surface area contributed by atoms with Crippen LogP contribution in [0.1, 0.15) is 15.9 Å². The van der Waals surface area contributed by atoms with Crippen molar-refractivity contribution in [3.8, 4) is 17.0 Å². The van der Waals surface area contributed by atoms with Gasteiger partial charge in [-0.3, -0.25) is 10.1 Å². The highest BCUT2D eigenvalue weighted by Crippen LogP contribution is 2.33. The van der Waals surface area contributed by atoms with E-state index in [0.717, 1.165) is 17.4 Å². The molecule has 3 rings (SSSR count). The smallest absolute Gasteiger partial charge is 0.257 e. The van der Waals surface area contributed by atoms with Crippen molar-refractivity contribution in [2.75, 3.05) is 18.7 Å². The van der Waals surface area contributed by atoms with Gasteiger partial charge in [-0.05, 0) is 43.3 Å². The van der Waals surface area contributed by atoms with Gasteiger partial charge in [0.25, 0.3) is 5.91 Å². The van der Waals surface area contributed by atoms with Gasteiger partial charge in [0, 0.05) is 22.8 Å². The second kappa shape index (κ2) is 7.50. The van der Waals surface area contributed by atoms with Gasteiger partial charge >= 0.3 is 0 Å². The fourth-order valence-corrected chi connectivity index (χ4v) is 3.84. The SMILES string of the molecule is COc1ccc(C)cc1-c1csc(NC(=O)c2ccc(S(C)(=O)=O)cc2)n1. The molecule has 2 aromatic carbocycles. The lowest BCUT2D eigenvalue weighted by molar-refractivity contribution is 0.102. The lowest BCUT2D eigenvalue weighted by Crippen LogP contribution is -2.12. The Balaban J connectivity index is 1.80. The summed E-state index contributed by atoms with van der Waals surface area (Å²) in [6.07, 6.45) is 1.12. The first-order chi connectivity index (χ1) is 12.8. The highest BCUT2D eigenvalue weighted by Gasteiger charge is 2.14. The maximum absolute atomic E-state index is 12.4. The second-order valence-electron chi connectivity index (χ2n) is 5.99. The summed E-state index contributed by atoms with van der Waals surface area (Å²) in [4.78, 5) is 17.0. The van der Waals surface area contributed by atoms with Gasteiger partial charge in [-0.25, -0.2) is 13.4 Å². The fourth-order valence-electron chi connectivity index (χ4n) is 2.50. The standard InChI is InChI=1S/C19H18N2O4S2/c1-12-4-9-17(25-2)15(10-12)16-11-26-19(20-16)21-18(22)13-5-7-14(8-6-13)27(3,23)24/h4-11H,1-3H3,(H,20,21,22). The molecule has 0 fully saturated rings. The highest BCUT2D eigenvalue weighted by molar-refractivity contribution is 7.90. The molecule has 0 saturated carbocycles. The number of aryl methyl sites for hydroxylation is 1. The van der Waals surface area contributed by atoms with E-state index in [0.29, 0.717) is 22.1 Å². The Morgan fingerprint density at radius 3 is 2.48 bits per heavy atom. The average molecular weight is 402 g/mol. The largest absolute Gasteiger partial charge is 0.496 e. The number of aromatic nitrogens is 1. The third kappa shape index (κ3) is 4.35. The summed E-state index contributed by atoms with van der Waals surface area (Å²) >= 11 is 1.31. The summed E-state index contributed by atoms with van der Waals surface area (Å²) in [7, 11) is -1.69. The zero-order valence-corrected chi connectivity index (χ0v) is 16.6. The van der Waals surface area contributed by atoms with E-state index in [-0.39, 0.29) is 10.8 Å². The van der Waals surface area contributed by atoms with Crippen LogP contribution in [0.3, 0.4) is 0 Å². The molecule has 0 saturated heterocycles. The first-order valence-electron chi connectivity index (χ1n) is 8.00. The number of nitrogens with zero attached hydrogens (tertiary/aromatic N) is 1. The van der Waals surface area contributed by atoms with E-state index in [9.17, 15) is 13.2 Å². The summed E-state index contributed by atoms with van der Waals surface area (Å²) in [6, 6.07) is 11.6. The van der Waals surface area contributed by atoms with Crippen molar-refractivity contribution >= 4 is 32.2 Å². The van der Waals surface area contributed by atoms with Gasteiger partial charge in [-0.1, -0.05) is 11.6 Å². The van der Waals surface area contributed by atoms with Crippen molar-refractivity contribution in [2.24, 2.45) is 0 Å². The maximum Gasteiger partial charge on any atom is 0.257 e. The predicted molar refractivity (Wildman–Crippen MR) is 106 cm³/mol. The van der Waals surface area contributed by atoms with E-state index in [4.69, 9.17) is 4.74 Å². The second-order valence-corrected chi connectivity index (χ2v) is 8.87. The Morgan fingerprint density at radius 2 is 1.85 bits per heavy atom. The predicted octanol–water partition coefficient (Wildman–Crippen LogP) is 3.78. The molecule has 6 nitrogen and oxygen atoms in total. The maximum atomic E-state index is 12.4. The van der Waals surface area contributed by atoms with Crippen LogP contribution in [0.25, 0.3) is 11.3 Å². The van der Waals surface area contributed by atoms with Crippen LogP contribution in [0.4, 0.5) is 5.13 Å². The van der Waals surface area contributed by atoms with E-state index in [1.54, 1.807) is 7.11 Å². The molecule has 0 unspecified atom stereocenters. The molecule has 1 heterocycles. The molecule has 0 radical (unpaired) electrons. The molecular weight excluding hydrogens is 384 g/mol. The van der Waals surface area contributed by atoms with Crippen molar-refractivity contribution in [3.63, 3.8) is 0 Å². The van der Waals surface area contributed by atoms with Crippen LogP contribution in [0.5, 0.6) is 5.75 Å². The number of sulfone groups is 1. The number of methoxy groups -OCH3 is 1. The van der Waals surface area contributed by atoms with Crippen molar-refractivity contribution in [2.45, 2.75) is 11.8 Å². The van der Waals surface area contributed by atoms with Crippen molar-refractivity contribution in [1.82, 2.24) is 4.98 Å². The molecule has 0 atom stereocenters. The Kier molecular flexibility index (Phi) is 5.29. The molecule has 0 aliphatic rings. The molecule has 0 spiro atoms. The minimum atomic E-state index is -3.30. The van der Waals surface area contributed by atoms with Gasteiger partial charge in [0.05, 0.1) is 17.7 Å². The van der Waals surface area contributed by atoms with Gasteiger partial charge in [-0.15, -0.1) is 11.3 Å². The first kappa shape index (κ1) is 19.1. The van der Waals surface area contributed by atoms with Crippen LogP contribution >= 0.6 is 11.3 Å². The Bertz CT molecular complexity index is 1090. The van der Waals surface area contributed by atoms with Gasteiger partial charge < -0.3 is 4.74 Å². The topological polar surface area (TPSA) is 85.4 Å². The molecule has 1 amide bonds. The summed E-state index contributed by atoms with van der Waals surface area (Å²) in [5.41, 5.74) is 3.00. The molecule has 0 aliphatic carbocycles. The summed E-state index contributed by atoms with van der Waals surface area (Å²) < 4.78 is 28.4. The lowest BCUT2D eigenvalue weighted by Gasteiger charge is -2.07. The van der Waals surface area contributed by atoms with Crippen LogP contribution in [0.15, 0.2) is 52.7 Å². The number of nitrogens with one attached hydrogen (secondary N) is 1. The number of rotatable bonds is 5. The number of amides is 1. The number of benzene rings is 2. The molecule has 8 heteroatoms. The van der Waals surface area contributed by atoms with Gasteiger partial charge in [0.15, 0.2) is 15.0 Å². The number of anilines is 1. The number of hydrogen-bond acceptors (Lipinski definition) is 6. The van der Waals surface area contributed by atoms with Crippen LogP contribution in [-0.4, -0.2) is 32.7 Å². The molecule has 0 aliphatic heterocycles. The summed E-state index contributed by atoms with van der Waals surface area (Å²) in [5, 5.41) is 5.03. The number of ether oxygens (including phenoxy) is 1. The molecule has 1 N–H and O–H groups in total. The Hall–Kier alpha value is -2.71. The molecular formula is C19H18N2O4S2. The van der Waals surface area contributed by atoms with Gasteiger partial charge in [0.2, 0.25) is 0 Å². The summed E-state index contributed by atoms with van der Waals surface area (Å²) in [5.74, 6) is 0.354. The lowest BCUT2D eigenvalue weighted by atomic mass is 10.1. The number of thiazole rings is 1. The molecule has 27 heavy (non-hydrogen) atoms. The molecule has 0 bridgehead atoms. The van der Waals surface area contributed by atoms with Crippen LogP contribution in [-0.2, 0) is 9.84 Å². The molecule has 1 aromatic heterocycles. The minimum Gasteiger partial charge on any atom is -0.496 e. The number of carbonyl (C=O) groups is 1. The van der Waals surface area contributed by atoms with E-state index in [2.05, 4.69) is 10.3 Å². The normalized spacial score (nSPS) is 11.2. The van der Waals surface area contributed by atoms with Crippen molar-refractivity contribution in [1.29, 1.82) is 0 Å². The Labute approximate surface area is 161 Å². The van der Waals surface area contributed by atoms with E-state index >= 15 is 0 Å². The molecule has 140 valence electrons. The monoisotopic (exact) mass is 402 g/mol. The van der Waals surface area contributed by atoms with Crippen molar-refractivity contribution in [3.05, 3.63) is 59.0 Å². The fraction of sp³-hybridized carbons (Fsp3) is 0.158. The van der Waals surface area contributed by atoms with Gasteiger partial charge in [-0.2, -0.15) is 0 Å². The minimum absolute atomic E-state index is 0.169. The number of hydrogen-bond donors (Lipinski definition) is 1. The third-order valence-electron chi connectivity index (χ3n) is 3.90. The summed E-state index contributed by atoms with van der Waals surface area (Å²) in [6.45, 7) is 1.98.